The Labute approximate surface area is 204 Å². The van der Waals surface area contributed by atoms with Crippen LogP contribution in [0.25, 0.3) is 0 Å². The number of guanidine groups is 1. The Balaban J connectivity index is 5.61. The third-order valence-corrected chi connectivity index (χ3v) is 5.03. The molecule has 202 valence electrons. The first-order valence-corrected chi connectivity index (χ1v) is 11.3. The Kier molecular flexibility index (Phi) is 15.2. The second-order valence-electron chi connectivity index (χ2n) is 8.19. The fourth-order valence-electron chi connectivity index (χ4n) is 2.94. The molecule has 0 bridgehead atoms. The van der Waals surface area contributed by atoms with E-state index >= 15 is 0 Å². The molecule has 15 nitrogen and oxygen atoms in total. The van der Waals surface area contributed by atoms with Crippen LogP contribution in [0.2, 0.25) is 0 Å². The summed E-state index contributed by atoms with van der Waals surface area (Å²) in [5, 5.41) is 35.6. The van der Waals surface area contributed by atoms with Crippen molar-refractivity contribution in [1.29, 1.82) is 0 Å². The van der Waals surface area contributed by atoms with Gasteiger partial charge in [0.15, 0.2) is 12.0 Å². The number of amides is 3. The van der Waals surface area contributed by atoms with Gasteiger partial charge in [-0.2, -0.15) is 0 Å². The Bertz CT molecular complexity index is 728. The number of aliphatic imine (C=N–C) groups is 1. The van der Waals surface area contributed by atoms with E-state index < -0.39 is 60.1 Å². The number of carboxylic acids is 1. The molecule has 0 aliphatic rings. The van der Waals surface area contributed by atoms with Gasteiger partial charge in [0.1, 0.15) is 18.1 Å². The Morgan fingerprint density at radius 2 is 1.34 bits per heavy atom. The quantitative estimate of drug-likeness (QED) is 0.0514. The van der Waals surface area contributed by atoms with E-state index in [0.29, 0.717) is 19.4 Å². The summed E-state index contributed by atoms with van der Waals surface area (Å²) in [7, 11) is 0. The van der Waals surface area contributed by atoms with Gasteiger partial charge in [0.25, 0.3) is 0 Å². The lowest BCUT2D eigenvalue weighted by Crippen LogP contribution is -2.59. The van der Waals surface area contributed by atoms with Crippen LogP contribution in [0.3, 0.4) is 0 Å². The highest BCUT2D eigenvalue weighted by Crippen LogP contribution is 2.06. The number of nitrogens with two attached hydrogens (primary N) is 4. The third kappa shape index (κ3) is 12.9. The van der Waals surface area contributed by atoms with E-state index in [4.69, 9.17) is 22.9 Å². The maximum atomic E-state index is 13.0. The maximum Gasteiger partial charge on any atom is 0.328 e. The number of nitrogens with one attached hydrogen (secondary N) is 3. The zero-order valence-corrected chi connectivity index (χ0v) is 20.1. The molecule has 0 spiro atoms. The van der Waals surface area contributed by atoms with Gasteiger partial charge in [-0.1, -0.05) is 0 Å². The standard InChI is InChI=1S/C20H40N8O7/c1-10(29)14(22)18(33)27-13(7-5-9-25-20(23)24)16(31)26-12(6-3-4-8-21)17(32)28-15(11(2)30)19(34)35/h10-15,29-30H,3-9,21-22H2,1-2H3,(H,26,31)(H,27,33)(H,28,32)(H,34,35)(H4,23,24,25). The highest BCUT2D eigenvalue weighted by atomic mass is 16.4. The number of nitrogens with zero attached hydrogens (tertiary/aromatic N) is 1. The van der Waals surface area contributed by atoms with Crippen molar-refractivity contribution in [3.63, 3.8) is 0 Å². The fourth-order valence-corrected chi connectivity index (χ4v) is 2.94. The van der Waals surface area contributed by atoms with Gasteiger partial charge in [-0.05, 0) is 52.5 Å². The average Bonchev–Trinajstić information content (AvgIpc) is 2.77. The van der Waals surface area contributed by atoms with Gasteiger partial charge in [0, 0.05) is 6.54 Å². The van der Waals surface area contributed by atoms with Crippen LogP contribution in [0.4, 0.5) is 0 Å². The number of carboxylic acid groups (broad SMARTS) is 1. The summed E-state index contributed by atoms with van der Waals surface area (Å²) in [5.41, 5.74) is 21.7. The molecule has 0 saturated carbocycles. The van der Waals surface area contributed by atoms with Gasteiger partial charge >= 0.3 is 5.97 Å². The molecular formula is C20H40N8O7. The summed E-state index contributed by atoms with van der Waals surface area (Å²) >= 11 is 0. The minimum Gasteiger partial charge on any atom is -0.480 e. The number of aliphatic hydroxyl groups excluding tert-OH is 2. The Morgan fingerprint density at radius 3 is 1.80 bits per heavy atom. The number of hydrogen-bond donors (Lipinski definition) is 10. The van der Waals surface area contributed by atoms with Crippen molar-refractivity contribution in [2.75, 3.05) is 13.1 Å². The highest BCUT2D eigenvalue weighted by Gasteiger charge is 2.32. The van der Waals surface area contributed by atoms with E-state index in [1.165, 1.54) is 13.8 Å². The topological polar surface area (TPSA) is 282 Å². The molecule has 0 heterocycles. The predicted molar refractivity (Wildman–Crippen MR) is 128 cm³/mol. The van der Waals surface area contributed by atoms with Crippen molar-refractivity contribution in [2.24, 2.45) is 27.9 Å². The van der Waals surface area contributed by atoms with Gasteiger partial charge in [-0.15, -0.1) is 0 Å². The molecule has 0 rings (SSSR count). The lowest BCUT2D eigenvalue weighted by molar-refractivity contribution is -0.145. The van der Waals surface area contributed by atoms with E-state index in [2.05, 4.69) is 20.9 Å². The number of carbonyl (C=O) groups is 4. The minimum atomic E-state index is -1.59. The van der Waals surface area contributed by atoms with Crippen molar-refractivity contribution in [2.45, 2.75) is 82.3 Å². The summed E-state index contributed by atoms with van der Waals surface area (Å²) in [6, 6.07) is -5.21. The number of aliphatic hydroxyl groups is 2. The predicted octanol–water partition coefficient (Wildman–Crippen LogP) is -4.20. The minimum absolute atomic E-state index is 0.0729. The molecule has 0 fully saturated rings. The Hall–Kier alpha value is -3.01. The van der Waals surface area contributed by atoms with Crippen molar-refractivity contribution < 1.29 is 34.5 Å². The largest absolute Gasteiger partial charge is 0.480 e. The molecule has 0 saturated heterocycles. The lowest BCUT2D eigenvalue weighted by Gasteiger charge is -2.26. The number of unbranched alkanes of at least 4 members (excludes halogenated alkanes) is 1. The van der Waals surface area contributed by atoms with Crippen LogP contribution in [0.1, 0.15) is 46.0 Å². The molecule has 6 atom stereocenters. The number of aliphatic carboxylic acids is 1. The molecule has 6 unspecified atom stereocenters. The number of carbonyl (C=O) groups excluding carboxylic acids is 3. The molecule has 0 aromatic rings. The summed E-state index contributed by atoms with van der Waals surface area (Å²) in [6.45, 7) is 3.03. The first kappa shape index (κ1) is 32.0. The SMILES string of the molecule is CC(O)C(N)C(=O)NC(CCCN=C(N)N)C(=O)NC(CCCCN)C(=O)NC(C(=O)O)C(C)O. The van der Waals surface area contributed by atoms with Crippen LogP contribution in [-0.2, 0) is 19.2 Å². The highest BCUT2D eigenvalue weighted by molar-refractivity contribution is 5.94. The second kappa shape index (κ2) is 16.6. The lowest BCUT2D eigenvalue weighted by atomic mass is 10.0. The van der Waals surface area contributed by atoms with Crippen LogP contribution in [-0.4, -0.2) is 94.4 Å². The molecule has 3 amide bonds. The monoisotopic (exact) mass is 504 g/mol. The summed E-state index contributed by atoms with van der Waals surface area (Å²) in [5.74, 6) is -3.94. The van der Waals surface area contributed by atoms with E-state index in [1.54, 1.807) is 0 Å². The van der Waals surface area contributed by atoms with Crippen LogP contribution < -0.4 is 38.9 Å². The smallest absolute Gasteiger partial charge is 0.328 e. The van der Waals surface area contributed by atoms with Gasteiger partial charge in [-0.3, -0.25) is 19.4 Å². The molecule has 0 radical (unpaired) electrons. The number of rotatable bonds is 17. The van der Waals surface area contributed by atoms with E-state index in [-0.39, 0.29) is 31.8 Å². The van der Waals surface area contributed by atoms with Crippen molar-refractivity contribution >= 4 is 29.7 Å². The van der Waals surface area contributed by atoms with Crippen LogP contribution >= 0.6 is 0 Å². The van der Waals surface area contributed by atoms with Gasteiger partial charge in [-0.25, -0.2) is 4.79 Å². The molecule has 0 aromatic carbocycles. The summed E-state index contributed by atoms with van der Waals surface area (Å²) in [6.07, 6.45) is -1.10. The van der Waals surface area contributed by atoms with E-state index in [1.807, 2.05) is 0 Å². The molecule has 15 heteroatoms. The molecular weight excluding hydrogens is 464 g/mol. The van der Waals surface area contributed by atoms with Gasteiger partial charge in [0.2, 0.25) is 17.7 Å². The van der Waals surface area contributed by atoms with Crippen LogP contribution in [0.5, 0.6) is 0 Å². The number of hydrogen-bond acceptors (Lipinski definition) is 9. The third-order valence-electron chi connectivity index (χ3n) is 5.03. The fraction of sp³-hybridized carbons (Fsp3) is 0.750. The molecule has 14 N–H and O–H groups in total. The first-order chi connectivity index (χ1) is 16.3. The molecule has 0 aliphatic carbocycles. The second-order valence-corrected chi connectivity index (χ2v) is 8.19. The maximum absolute atomic E-state index is 13.0. The summed E-state index contributed by atoms with van der Waals surface area (Å²) in [4.78, 5) is 53.3. The van der Waals surface area contributed by atoms with Crippen LogP contribution in [0.15, 0.2) is 4.99 Å². The van der Waals surface area contributed by atoms with E-state index in [0.717, 1.165) is 0 Å². The van der Waals surface area contributed by atoms with Crippen LogP contribution in [0, 0.1) is 0 Å². The van der Waals surface area contributed by atoms with Crippen molar-refractivity contribution in [3.05, 3.63) is 0 Å². The zero-order valence-electron chi connectivity index (χ0n) is 20.1. The molecule has 35 heavy (non-hydrogen) atoms. The van der Waals surface area contributed by atoms with Gasteiger partial charge < -0.3 is 54.2 Å². The van der Waals surface area contributed by atoms with Crippen molar-refractivity contribution in [3.8, 4) is 0 Å². The first-order valence-electron chi connectivity index (χ1n) is 11.3. The molecule has 0 aliphatic heterocycles. The van der Waals surface area contributed by atoms with Crippen molar-refractivity contribution in [1.82, 2.24) is 16.0 Å². The normalized spacial score (nSPS) is 16.1. The van der Waals surface area contributed by atoms with E-state index in [9.17, 15) is 34.5 Å². The summed E-state index contributed by atoms with van der Waals surface area (Å²) < 4.78 is 0. The average molecular weight is 505 g/mol. The van der Waals surface area contributed by atoms with Gasteiger partial charge in [0.05, 0.1) is 12.2 Å². The Morgan fingerprint density at radius 1 is 0.829 bits per heavy atom. The zero-order chi connectivity index (χ0) is 27.1. The molecule has 0 aromatic heterocycles.